The second kappa shape index (κ2) is 4.67. The van der Waals surface area contributed by atoms with E-state index in [0.717, 1.165) is 25.4 Å². The van der Waals surface area contributed by atoms with Gasteiger partial charge in [0.2, 0.25) is 0 Å². The number of nitrogens with zero attached hydrogens (tertiary/aromatic N) is 1. The summed E-state index contributed by atoms with van der Waals surface area (Å²) in [7, 11) is 0. The van der Waals surface area contributed by atoms with E-state index in [-0.39, 0.29) is 0 Å². The van der Waals surface area contributed by atoms with Gasteiger partial charge in [0.15, 0.2) is 0 Å². The van der Waals surface area contributed by atoms with Crippen LogP contribution in [-0.4, -0.2) is 37.2 Å². The number of nitrogens with one attached hydrogen (secondary N) is 1. The molecule has 0 radical (unpaired) electrons. The van der Waals surface area contributed by atoms with E-state index < -0.39 is 0 Å². The summed E-state index contributed by atoms with van der Waals surface area (Å²) < 4.78 is 5.76. The van der Waals surface area contributed by atoms with Crippen LogP contribution in [0.2, 0.25) is 0 Å². The molecule has 1 aromatic rings. The maximum Gasteiger partial charge on any atom is 0.124 e. The van der Waals surface area contributed by atoms with Crippen LogP contribution in [0.4, 0.5) is 0 Å². The molecule has 0 amide bonds. The van der Waals surface area contributed by atoms with E-state index in [1.165, 1.54) is 18.5 Å². The van der Waals surface area contributed by atoms with Gasteiger partial charge in [0.25, 0.3) is 0 Å². The Morgan fingerprint density at radius 2 is 2.29 bits per heavy atom. The lowest BCUT2D eigenvalue weighted by Gasteiger charge is -2.22. The van der Waals surface area contributed by atoms with E-state index in [4.69, 9.17) is 4.74 Å². The number of rotatable bonds is 3. The summed E-state index contributed by atoms with van der Waals surface area (Å²) in [5.41, 5.74) is 1.37. The number of benzene rings is 1. The number of likely N-dealkylation sites (N-methyl/N-ethyl adjacent to an activating group) is 1. The first-order valence-electron chi connectivity index (χ1n) is 6.57. The molecule has 1 fully saturated rings. The minimum Gasteiger partial charge on any atom is -0.491 e. The molecule has 1 N–H and O–H groups in total. The second-order valence-electron chi connectivity index (χ2n) is 4.90. The first-order valence-corrected chi connectivity index (χ1v) is 6.57. The molecule has 0 aromatic heterocycles. The predicted molar refractivity (Wildman–Crippen MR) is 68.3 cm³/mol. The van der Waals surface area contributed by atoms with Gasteiger partial charge in [0.1, 0.15) is 12.4 Å². The van der Waals surface area contributed by atoms with Gasteiger partial charge in [0.05, 0.1) is 6.04 Å². The fourth-order valence-electron chi connectivity index (χ4n) is 2.97. The number of hydrogen-bond acceptors (Lipinski definition) is 3. The highest BCUT2D eigenvalue weighted by molar-refractivity contribution is 5.39. The fourth-order valence-corrected chi connectivity index (χ4v) is 2.97. The molecule has 0 spiro atoms. The Labute approximate surface area is 103 Å². The molecule has 92 valence electrons. The van der Waals surface area contributed by atoms with Crippen LogP contribution in [0, 0.1) is 0 Å². The van der Waals surface area contributed by atoms with Crippen molar-refractivity contribution in [3.8, 4) is 5.75 Å². The quantitative estimate of drug-likeness (QED) is 0.860. The van der Waals surface area contributed by atoms with E-state index in [0.29, 0.717) is 12.1 Å². The van der Waals surface area contributed by atoms with Gasteiger partial charge in [-0.2, -0.15) is 0 Å². The molecule has 3 nitrogen and oxygen atoms in total. The van der Waals surface area contributed by atoms with Gasteiger partial charge in [-0.25, -0.2) is 0 Å². The Morgan fingerprint density at radius 3 is 3.18 bits per heavy atom. The highest BCUT2D eigenvalue weighted by atomic mass is 16.5. The van der Waals surface area contributed by atoms with Crippen LogP contribution in [0.1, 0.15) is 24.9 Å². The van der Waals surface area contributed by atoms with Crippen molar-refractivity contribution in [2.24, 2.45) is 0 Å². The molecule has 1 saturated heterocycles. The van der Waals surface area contributed by atoms with Crippen molar-refractivity contribution < 1.29 is 4.74 Å². The number of para-hydroxylation sites is 1. The lowest BCUT2D eigenvalue weighted by Crippen LogP contribution is -2.34. The van der Waals surface area contributed by atoms with Gasteiger partial charge in [-0.3, -0.25) is 4.90 Å². The normalized spacial score (nSPS) is 28.1. The molecule has 0 aliphatic carbocycles. The lowest BCUT2D eigenvalue weighted by molar-refractivity contribution is 0.192. The largest absolute Gasteiger partial charge is 0.491 e. The standard InChI is InChI=1S/C14H20N2O/c1-2-15-11-7-8-16(9-11)13-10-17-14-6-4-3-5-12(13)14/h3-6,11,13,15H,2,7-10H2,1H3. The Morgan fingerprint density at radius 1 is 1.41 bits per heavy atom. The zero-order valence-electron chi connectivity index (χ0n) is 10.4. The van der Waals surface area contributed by atoms with E-state index >= 15 is 0 Å². The van der Waals surface area contributed by atoms with Crippen molar-refractivity contribution in [2.75, 3.05) is 26.2 Å². The summed E-state index contributed by atoms with van der Waals surface area (Å²) in [6.45, 7) is 6.39. The number of ether oxygens (including phenoxy) is 1. The van der Waals surface area contributed by atoms with Crippen LogP contribution >= 0.6 is 0 Å². The van der Waals surface area contributed by atoms with Gasteiger partial charge in [-0.15, -0.1) is 0 Å². The molecule has 2 atom stereocenters. The monoisotopic (exact) mass is 232 g/mol. The van der Waals surface area contributed by atoms with E-state index in [1.807, 2.05) is 6.07 Å². The maximum atomic E-state index is 5.76. The lowest BCUT2D eigenvalue weighted by atomic mass is 10.1. The van der Waals surface area contributed by atoms with Gasteiger partial charge < -0.3 is 10.1 Å². The van der Waals surface area contributed by atoms with Crippen LogP contribution in [0.25, 0.3) is 0 Å². The second-order valence-corrected chi connectivity index (χ2v) is 4.90. The zero-order valence-corrected chi connectivity index (χ0v) is 10.4. The Balaban J connectivity index is 1.71. The van der Waals surface area contributed by atoms with E-state index in [1.54, 1.807) is 0 Å². The summed E-state index contributed by atoms with van der Waals surface area (Å²) in [6, 6.07) is 9.56. The van der Waals surface area contributed by atoms with Crippen LogP contribution < -0.4 is 10.1 Å². The van der Waals surface area contributed by atoms with Gasteiger partial charge in [-0.05, 0) is 19.0 Å². The Hall–Kier alpha value is -1.06. The predicted octanol–water partition coefficient (Wildman–Crippen LogP) is 1.80. The molecule has 1 aromatic carbocycles. The first kappa shape index (κ1) is 11.1. The SMILES string of the molecule is CCNC1CCN(C2COc3ccccc32)C1. The summed E-state index contributed by atoms with van der Waals surface area (Å²) in [6.07, 6.45) is 1.26. The number of hydrogen-bond donors (Lipinski definition) is 1. The average molecular weight is 232 g/mol. The summed E-state index contributed by atoms with van der Waals surface area (Å²) >= 11 is 0. The molecule has 17 heavy (non-hydrogen) atoms. The minimum atomic E-state index is 0.467. The summed E-state index contributed by atoms with van der Waals surface area (Å²) in [4.78, 5) is 2.55. The molecule has 0 saturated carbocycles. The Kier molecular flexibility index (Phi) is 3.04. The molecule has 2 aliphatic heterocycles. The summed E-state index contributed by atoms with van der Waals surface area (Å²) in [5.74, 6) is 1.07. The Bertz CT molecular complexity index is 394. The van der Waals surface area contributed by atoms with Crippen LogP contribution in [-0.2, 0) is 0 Å². The molecule has 3 heteroatoms. The number of fused-ring (bicyclic) bond motifs is 1. The zero-order chi connectivity index (χ0) is 11.7. The molecule has 0 bridgehead atoms. The highest BCUT2D eigenvalue weighted by Crippen LogP contribution is 2.37. The molecule has 2 heterocycles. The van der Waals surface area contributed by atoms with Gasteiger partial charge in [-0.1, -0.05) is 25.1 Å². The molecular weight excluding hydrogens is 212 g/mol. The van der Waals surface area contributed by atoms with Crippen molar-refractivity contribution in [1.82, 2.24) is 10.2 Å². The molecule has 2 aliphatic rings. The average Bonchev–Trinajstić information content (AvgIpc) is 2.95. The third-order valence-electron chi connectivity index (χ3n) is 3.83. The maximum absolute atomic E-state index is 5.76. The summed E-state index contributed by atoms with van der Waals surface area (Å²) in [5, 5.41) is 3.54. The topological polar surface area (TPSA) is 24.5 Å². The van der Waals surface area contributed by atoms with Crippen LogP contribution in [0.15, 0.2) is 24.3 Å². The highest BCUT2D eigenvalue weighted by Gasteiger charge is 2.33. The first-order chi connectivity index (χ1) is 8.38. The van der Waals surface area contributed by atoms with E-state index in [2.05, 4.69) is 35.3 Å². The third-order valence-corrected chi connectivity index (χ3v) is 3.83. The fraction of sp³-hybridized carbons (Fsp3) is 0.571. The van der Waals surface area contributed by atoms with Crippen molar-refractivity contribution in [3.05, 3.63) is 29.8 Å². The van der Waals surface area contributed by atoms with Crippen molar-refractivity contribution >= 4 is 0 Å². The van der Waals surface area contributed by atoms with Crippen molar-refractivity contribution in [3.63, 3.8) is 0 Å². The van der Waals surface area contributed by atoms with Crippen LogP contribution in [0.5, 0.6) is 5.75 Å². The molecule has 3 rings (SSSR count). The van der Waals surface area contributed by atoms with Crippen molar-refractivity contribution in [2.45, 2.75) is 25.4 Å². The van der Waals surface area contributed by atoms with E-state index in [9.17, 15) is 0 Å². The smallest absolute Gasteiger partial charge is 0.124 e. The minimum absolute atomic E-state index is 0.467. The van der Waals surface area contributed by atoms with Gasteiger partial charge in [0, 0.05) is 24.7 Å². The molecular formula is C14H20N2O. The third kappa shape index (κ3) is 2.05. The van der Waals surface area contributed by atoms with Crippen molar-refractivity contribution in [1.29, 1.82) is 0 Å². The van der Waals surface area contributed by atoms with Crippen LogP contribution in [0.3, 0.4) is 0 Å². The molecule has 2 unspecified atom stereocenters. The number of likely N-dealkylation sites (tertiary alicyclic amines) is 1. The van der Waals surface area contributed by atoms with Gasteiger partial charge >= 0.3 is 0 Å².